The Morgan fingerprint density at radius 2 is 2.00 bits per heavy atom. The lowest BCUT2D eigenvalue weighted by Crippen LogP contribution is -2.52. The Labute approximate surface area is 158 Å². The fourth-order valence-electron chi connectivity index (χ4n) is 3.66. The molecule has 0 radical (unpaired) electrons. The zero-order valence-electron chi connectivity index (χ0n) is 16.1. The van der Waals surface area contributed by atoms with Crippen LogP contribution < -0.4 is 14.8 Å². The SMILES string of the molecule is COc1ccc2c(c1OC)C(=O)N1[C@@H]2SC(C)(C)[C@@H]1C(=O)NCC(C)C. The van der Waals surface area contributed by atoms with Crippen molar-refractivity contribution in [2.75, 3.05) is 20.8 Å². The molecule has 1 saturated heterocycles. The Morgan fingerprint density at radius 3 is 2.58 bits per heavy atom. The quantitative estimate of drug-likeness (QED) is 0.853. The van der Waals surface area contributed by atoms with Crippen LogP contribution in [0.15, 0.2) is 12.1 Å². The van der Waals surface area contributed by atoms with Gasteiger partial charge in [0.15, 0.2) is 11.5 Å². The minimum Gasteiger partial charge on any atom is -0.493 e. The minimum absolute atomic E-state index is 0.106. The molecule has 1 fully saturated rings. The molecule has 3 rings (SSSR count). The third kappa shape index (κ3) is 2.82. The molecule has 1 N–H and O–H groups in total. The van der Waals surface area contributed by atoms with Gasteiger partial charge in [-0.3, -0.25) is 9.59 Å². The number of carbonyl (C=O) groups excluding carboxylic acids is 2. The first-order chi connectivity index (χ1) is 12.2. The molecule has 0 unspecified atom stereocenters. The van der Waals surface area contributed by atoms with Gasteiger partial charge in [0.05, 0.1) is 19.8 Å². The van der Waals surface area contributed by atoms with Crippen molar-refractivity contribution >= 4 is 23.6 Å². The molecule has 7 heteroatoms. The molecule has 2 aliphatic heterocycles. The number of methoxy groups -OCH3 is 2. The Morgan fingerprint density at radius 1 is 1.31 bits per heavy atom. The van der Waals surface area contributed by atoms with Gasteiger partial charge in [-0.15, -0.1) is 11.8 Å². The summed E-state index contributed by atoms with van der Waals surface area (Å²) in [6.45, 7) is 8.72. The fraction of sp³-hybridized carbons (Fsp3) is 0.579. The van der Waals surface area contributed by atoms with Crippen LogP contribution in [0.2, 0.25) is 0 Å². The number of carbonyl (C=O) groups is 2. The predicted octanol–water partition coefficient (Wildman–Crippen LogP) is 2.82. The third-order valence-corrected chi connectivity index (χ3v) is 6.36. The van der Waals surface area contributed by atoms with Crippen molar-refractivity contribution in [2.24, 2.45) is 5.92 Å². The lowest BCUT2D eigenvalue weighted by Gasteiger charge is -2.29. The van der Waals surface area contributed by atoms with Crippen molar-refractivity contribution in [2.45, 2.75) is 43.9 Å². The highest BCUT2D eigenvalue weighted by Crippen LogP contribution is 2.58. The molecule has 2 heterocycles. The number of benzene rings is 1. The van der Waals surface area contributed by atoms with Gasteiger partial charge in [0.2, 0.25) is 5.91 Å². The molecule has 1 aromatic rings. The summed E-state index contributed by atoms with van der Waals surface area (Å²) in [5.74, 6) is 1.02. The molecule has 0 aromatic heterocycles. The van der Waals surface area contributed by atoms with E-state index in [9.17, 15) is 9.59 Å². The molecular weight excluding hydrogens is 352 g/mol. The van der Waals surface area contributed by atoms with E-state index in [1.807, 2.05) is 39.8 Å². The summed E-state index contributed by atoms with van der Waals surface area (Å²) in [5, 5.41) is 2.80. The number of nitrogens with zero attached hydrogens (tertiary/aromatic N) is 1. The first-order valence-electron chi connectivity index (χ1n) is 8.76. The maximum absolute atomic E-state index is 13.3. The van der Waals surface area contributed by atoms with E-state index >= 15 is 0 Å². The smallest absolute Gasteiger partial charge is 0.260 e. The lowest BCUT2D eigenvalue weighted by atomic mass is 10.0. The van der Waals surface area contributed by atoms with Gasteiger partial charge < -0.3 is 19.7 Å². The van der Waals surface area contributed by atoms with Crippen LogP contribution in [0, 0.1) is 5.92 Å². The first kappa shape index (κ1) is 18.9. The van der Waals surface area contributed by atoms with Crippen molar-refractivity contribution in [1.29, 1.82) is 0 Å². The third-order valence-electron chi connectivity index (χ3n) is 4.83. The average Bonchev–Trinajstić information content (AvgIpc) is 3.01. The predicted molar refractivity (Wildman–Crippen MR) is 102 cm³/mol. The van der Waals surface area contributed by atoms with Gasteiger partial charge in [0, 0.05) is 16.9 Å². The normalized spacial score (nSPS) is 23.0. The first-order valence-corrected chi connectivity index (χ1v) is 9.64. The molecule has 26 heavy (non-hydrogen) atoms. The van der Waals surface area contributed by atoms with Crippen molar-refractivity contribution in [3.05, 3.63) is 23.3 Å². The molecular formula is C19H26N2O4S. The minimum atomic E-state index is -0.535. The van der Waals surface area contributed by atoms with Crippen molar-refractivity contribution in [3.63, 3.8) is 0 Å². The number of hydrogen-bond acceptors (Lipinski definition) is 5. The topological polar surface area (TPSA) is 67.9 Å². The number of rotatable bonds is 5. The summed E-state index contributed by atoms with van der Waals surface area (Å²) < 4.78 is 10.4. The summed E-state index contributed by atoms with van der Waals surface area (Å²) in [6.07, 6.45) is 0. The molecule has 6 nitrogen and oxygen atoms in total. The van der Waals surface area contributed by atoms with Crippen LogP contribution in [0.1, 0.15) is 49.0 Å². The molecule has 1 aromatic carbocycles. The second-order valence-corrected chi connectivity index (χ2v) is 9.33. The Bertz CT molecular complexity index is 747. The standard InChI is InChI=1S/C19H26N2O4S/c1-10(2)9-20-16(22)15-19(3,4)26-18-11-7-8-12(24-5)14(25-6)13(11)17(23)21(15)18/h7-8,10,15,18H,9H2,1-6H3,(H,20,22)/t15-,18+/m0/s1. The van der Waals surface area contributed by atoms with E-state index in [1.165, 1.54) is 7.11 Å². The van der Waals surface area contributed by atoms with E-state index in [0.717, 1.165) is 5.56 Å². The summed E-state index contributed by atoms with van der Waals surface area (Å²) in [5.41, 5.74) is 1.38. The number of thioether (sulfide) groups is 1. The number of nitrogens with one attached hydrogen (secondary N) is 1. The van der Waals surface area contributed by atoms with Gasteiger partial charge in [-0.1, -0.05) is 19.9 Å². The van der Waals surface area contributed by atoms with Crippen molar-refractivity contribution in [3.8, 4) is 11.5 Å². The average molecular weight is 378 g/mol. The molecule has 0 aliphatic carbocycles. The second-order valence-electron chi connectivity index (χ2n) is 7.59. The zero-order chi connectivity index (χ0) is 19.2. The van der Waals surface area contributed by atoms with E-state index in [2.05, 4.69) is 5.32 Å². The molecule has 2 atom stereocenters. The number of ether oxygens (including phenoxy) is 2. The van der Waals surface area contributed by atoms with Gasteiger partial charge in [-0.05, 0) is 25.8 Å². The van der Waals surface area contributed by atoms with Gasteiger partial charge in [0.25, 0.3) is 5.91 Å². The van der Waals surface area contributed by atoms with E-state index in [4.69, 9.17) is 9.47 Å². The molecule has 142 valence electrons. The monoisotopic (exact) mass is 378 g/mol. The van der Waals surface area contributed by atoms with E-state index in [-0.39, 0.29) is 21.9 Å². The highest BCUT2D eigenvalue weighted by atomic mass is 32.2. The number of hydrogen-bond donors (Lipinski definition) is 1. The van der Waals surface area contributed by atoms with Gasteiger partial charge in [-0.25, -0.2) is 0 Å². The van der Waals surface area contributed by atoms with Crippen molar-refractivity contribution < 1.29 is 19.1 Å². The molecule has 2 aliphatic rings. The van der Waals surface area contributed by atoms with E-state index < -0.39 is 6.04 Å². The highest BCUT2D eigenvalue weighted by molar-refractivity contribution is 8.01. The highest BCUT2D eigenvalue weighted by Gasteiger charge is 2.58. The van der Waals surface area contributed by atoms with Crippen LogP contribution >= 0.6 is 11.8 Å². The van der Waals surface area contributed by atoms with Crippen LogP contribution in [0.4, 0.5) is 0 Å². The summed E-state index contributed by atoms with van der Waals surface area (Å²) in [7, 11) is 3.07. The fourth-order valence-corrected chi connectivity index (χ4v) is 5.24. The Kier molecular flexibility index (Phi) is 4.86. The van der Waals surface area contributed by atoms with Crippen LogP contribution in [0.25, 0.3) is 0 Å². The zero-order valence-corrected chi connectivity index (χ0v) is 16.9. The van der Waals surface area contributed by atoms with Crippen LogP contribution in [0.3, 0.4) is 0 Å². The van der Waals surface area contributed by atoms with Crippen LogP contribution in [-0.2, 0) is 4.79 Å². The molecule has 0 spiro atoms. The number of amides is 2. The van der Waals surface area contributed by atoms with E-state index in [1.54, 1.807) is 23.8 Å². The second kappa shape index (κ2) is 6.68. The molecule has 2 amide bonds. The van der Waals surface area contributed by atoms with Crippen LogP contribution in [-0.4, -0.2) is 48.3 Å². The Balaban J connectivity index is 2.01. The summed E-state index contributed by atoms with van der Waals surface area (Å²) in [4.78, 5) is 27.9. The van der Waals surface area contributed by atoms with Gasteiger partial charge in [0.1, 0.15) is 11.4 Å². The Hall–Kier alpha value is -1.89. The largest absolute Gasteiger partial charge is 0.493 e. The van der Waals surface area contributed by atoms with Gasteiger partial charge in [-0.2, -0.15) is 0 Å². The lowest BCUT2D eigenvalue weighted by molar-refractivity contribution is -0.126. The summed E-state index contributed by atoms with van der Waals surface area (Å²) in [6, 6.07) is 3.18. The summed E-state index contributed by atoms with van der Waals surface area (Å²) >= 11 is 1.64. The van der Waals surface area contributed by atoms with Crippen LogP contribution in [0.5, 0.6) is 11.5 Å². The van der Waals surface area contributed by atoms with E-state index in [0.29, 0.717) is 29.5 Å². The molecule has 0 bridgehead atoms. The van der Waals surface area contributed by atoms with Crippen molar-refractivity contribution in [1.82, 2.24) is 10.2 Å². The maximum atomic E-state index is 13.3. The van der Waals surface area contributed by atoms with Gasteiger partial charge >= 0.3 is 0 Å². The maximum Gasteiger partial charge on any atom is 0.260 e. The molecule has 0 saturated carbocycles. The number of fused-ring (bicyclic) bond motifs is 3.